The predicted octanol–water partition coefficient (Wildman–Crippen LogP) is 2.10. The van der Waals surface area contributed by atoms with Gasteiger partial charge in [0.15, 0.2) is 0 Å². The van der Waals surface area contributed by atoms with Crippen LogP contribution in [0.4, 0.5) is 4.39 Å². The fourth-order valence-electron chi connectivity index (χ4n) is 2.14. The first-order chi connectivity index (χ1) is 8.69. The Bertz CT molecular complexity index is 507. The molecule has 1 N–H and O–H groups in total. The molecule has 0 aliphatic rings. The first-order valence-electron chi connectivity index (χ1n) is 6.07. The van der Waals surface area contributed by atoms with Crippen LogP contribution in [0.3, 0.4) is 0 Å². The van der Waals surface area contributed by atoms with Gasteiger partial charge in [0.2, 0.25) is 0 Å². The van der Waals surface area contributed by atoms with E-state index < -0.39 is 0 Å². The van der Waals surface area contributed by atoms with Crippen molar-refractivity contribution in [3.63, 3.8) is 0 Å². The van der Waals surface area contributed by atoms with Crippen LogP contribution in [0.2, 0.25) is 0 Å². The maximum Gasteiger partial charge on any atom is 0.123 e. The second kappa shape index (κ2) is 5.78. The molecule has 0 radical (unpaired) electrons. The average Bonchev–Trinajstić information content (AvgIpc) is 2.74. The first-order valence-corrected chi connectivity index (χ1v) is 6.07. The van der Waals surface area contributed by atoms with Crippen molar-refractivity contribution in [2.45, 2.75) is 12.3 Å². The Morgan fingerprint density at radius 1 is 1.39 bits per heavy atom. The highest BCUT2D eigenvalue weighted by atomic mass is 19.1. The monoisotopic (exact) mass is 247 g/mol. The summed E-state index contributed by atoms with van der Waals surface area (Å²) in [7, 11) is 3.81. The van der Waals surface area contributed by atoms with E-state index in [9.17, 15) is 4.39 Å². The predicted molar refractivity (Wildman–Crippen MR) is 70.0 cm³/mol. The molecule has 0 aliphatic carbocycles. The van der Waals surface area contributed by atoms with Crippen LogP contribution in [0.15, 0.2) is 36.5 Å². The number of benzene rings is 1. The van der Waals surface area contributed by atoms with Gasteiger partial charge in [0, 0.05) is 25.7 Å². The van der Waals surface area contributed by atoms with Gasteiger partial charge in [0.1, 0.15) is 5.82 Å². The molecule has 0 bridgehead atoms. The van der Waals surface area contributed by atoms with Crippen LogP contribution < -0.4 is 5.32 Å². The summed E-state index contributed by atoms with van der Waals surface area (Å²) < 4.78 is 15.1. The second-order valence-corrected chi connectivity index (χ2v) is 4.49. The van der Waals surface area contributed by atoms with E-state index in [1.165, 1.54) is 6.07 Å². The lowest BCUT2D eigenvalue weighted by Crippen LogP contribution is -2.19. The SMILES string of the molecule is CNCC(Cc1ccn(C)n1)c1cccc(F)c1. The zero-order valence-electron chi connectivity index (χ0n) is 10.7. The number of rotatable bonds is 5. The zero-order chi connectivity index (χ0) is 13.0. The number of hydrogen-bond donors (Lipinski definition) is 1. The number of nitrogens with one attached hydrogen (secondary N) is 1. The van der Waals surface area contributed by atoms with Crippen molar-refractivity contribution in [1.29, 1.82) is 0 Å². The van der Waals surface area contributed by atoms with Gasteiger partial charge in [-0.15, -0.1) is 0 Å². The highest BCUT2D eigenvalue weighted by Gasteiger charge is 2.13. The summed E-state index contributed by atoms with van der Waals surface area (Å²) in [5.41, 5.74) is 2.04. The van der Waals surface area contributed by atoms with Gasteiger partial charge in [0.05, 0.1) is 5.69 Å². The molecule has 3 nitrogen and oxygen atoms in total. The van der Waals surface area contributed by atoms with Crippen LogP contribution in [-0.2, 0) is 13.5 Å². The highest BCUT2D eigenvalue weighted by Crippen LogP contribution is 2.20. The molecule has 1 heterocycles. The van der Waals surface area contributed by atoms with Crippen LogP contribution in [-0.4, -0.2) is 23.4 Å². The van der Waals surface area contributed by atoms with Crippen LogP contribution in [0.1, 0.15) is 17.2 Å². The maximum atomic E-state index is 13.3. The van der Waals surface area contributed by atoms with E-state index in [1.54, 1.807) is 16.8 Å². The van der Waals surface area contributed by atoms with Crippen LogP contribution >= 0.6 is 0 Å². The van der Waals surface area contributed by atoms with E-state index in [4.69, 9.17) is 0 Å². The van der Waals surface area contributed by atoms with Crippen LogP contribution in [0, 0.1) is 5.82 Å². The molecule has 2 rings (SSSR count). The average molecular weight is 247 g/mol. The molecule has 0 saturated heterocycles. The summed E-state index contributed by atoms with van der Waals surface area (Å²) in [5.74, 6) is 0.0511. The van der Waals surface area contributed by atoms with E-state index in [0.717, 1.165) is 24.2 Å². The number of hydrogen-bond acceptors (Lipinski definition) is 2. The van der Waals surface area contributed by atoms with Crippen molar-refractivity contribution >= 4 is 0 Å². The highest BCUT2D eigenvalue weighted by molar-refractivity contribution is 5.23. The van der Waals surface area contributed by atoms with E-state index in [1.807, 2.05) is 32.4 Å². The molecular weight excluding hydrogens is 229 g/mol. The molecule has 1 aromatic heterocycles. The fourth-order valence-corrected chi connectivity index (χ4v) is 2.14. The van der Waals surface area contributed by atoms with Gasteiger partial charge in [-0.3, -0.25) is 4.68 Å². The summed E-state index contributed by atoms with van der Waals surface area (Å²) in [5, 5.41) is 7.53. The third kappa shape index (κ3) is 3.17. The number of aromatic nitrogens is 2. The maximum absolute atomic E-state index is 13.3. The summed E-state index contributed by atoms with van der Waals surface area (Å²) in [4.78, 5) is 0. The van der Waals surface area contributed by atoms with Crippen molar-refractivity contribution < 1.29 is 4.39 Å². The van der Waals surface area contributed by atoms with Gasteiger partial charge in [-0.25, -0.2) is 4.39 Å². The lowest BCUT2D eigenvalue weighted by molar-refractivity contribution is 0.592. The Labute approximate surface area is 107 Å². The van der Waals surface area contributed by atoms with Crippen LogP contribution in [0.5, 0.6) is 0 Å². The van der Waals surface area contributed by atoms with Crippen molar-refractivity contribution in [2.24, 2.45) is 7.05 Å². The minimum Gasteiger partial charge on any atom is -0.319 e. The fraction of sp³-hybridized carbons (Fsp3) is 0.357. The number of halogens is 1. The minimum atomic E-state index is -0.186. The van der Waals surface area contributed by atoms with Crippen molar-refractivity contribution in [3.05, 3.63) is 53.6 Å². The Morgan fingerprint density at radius 2 is 2.22 bits per heavy atom. The number of nitrogens with zero attached hydrogens (tertiary/aromatic N) is 2. The Morgan fingerprint density at radius 3 is 2.83 bits per heavy atom. The van der Waals surface area contributed by atoms with Gasteiger partial charge in [-0.1, -0.05) is 12.1 Å². The molecule has 4 heteroatoms. The number of aryl methyl sites for hydroxylation is 1. The third-order valence-corrected chi connectivity index (χ3v) is 2.99. The lowest BCUT2D eigenvalue weighted by Gasteiger charge is -2.16. The smallest absolute Gasteiger partial charge is 0.123 e. The molecule has 1 unspecified atom stereocenters. The van der Waals surface area contributed by atoms with Gasteiger partial charge >= 0.3 is 0 Å². The Balaban J connectivity index is 2.17. The molecule has 1 atom stereocenters. The Kier molecular flexibility index (Phi) is 4.10. The molecule has 2 aromatic rings. The second-order valence-electron chi connectivity index (χ2n) is 4.49. The number of likely N-dealkylation sites (N-methyl/N-ethyl adjacent to an activating group) is 1. The normalized spacial score (nSPS) is 12.6. The summed E-state index contributed by atoms with van der Waals surface area (Å²) >= 11 is 0. The topological polar surface area (TPSA) is 29.9 Å². The molecule has 0 amide bonds. The van der Waals surface area contributed by atoms with Crippen LogP contribution in [0.25, 0.3) is 0 Å². The summed E-state index contributed by atoms with van der Waals surface area (Å²) in [6, 6.07) is 8.80. The summed E-state index contributed by atoms with van der Waals surface area (Å²) in [6.45, 7) is 0.806. The standard InChI is InChI=1S/C14H18FN3/c1-16-10-12(9-14-6-7-18(2)17-14)11-4-3-5-13(15)8-11/h3-8,12,16H,9-10H2,1-2H3. The molecular formula is C14H18FN3. The van der Waals surface area contributed by atoms with E-state index in [0.29, 0.717) is 0 Å². The molecule has 0 saturated carbocycles. The first kappa shape index (κ1) is 12.8. The molecule has 96 valence electrons. The van der Waals surface area contributed by atoms with Gasteiger partial charge in [0.25, 0.3) is 0 Å². The van der Waals surface area contributed by atoms with E-state index in [2.05, 4.69) is 10.4 Å². The Hall–Kier alpha value is -1.68. The molecule has 0 fully saturated rings. The van der Waals surface area contributed by atoms with Gasteiger partial charge in [-0.05, 0) is 37.2 Å². The van der Waals surface area contributed by atoms with Crippen molar-refractivity contribution in [3.8, 4) is 0 Å². The van der Waals surface area contributed by atoms with Crippen molar-refractivity contribution in [2.75, 3.05) is 13.6 Å². The van der Waals surface area contributed by atoms with E-state index >= 15 is 0 Å². The molecule has 0 aliphatic heterocycles. The van der Waals surface area contributed by atoms with Gasteiger partial charge in [-0.2, -0.15) is 5.10 Å². The minimum absolute atomic E-state index is 0.186. The summed E-state index contributed by atoms with van der Waals surface area (Å²) in [6.07, 6.45) is 2.74. The van der Waals surface area contributed by atoms with Crippen molar-refractivity contribution in [1.82, 2.24) is 15.1 Å². The molecule has 18 heavy (non-hydrogen) atoms. The van der Waals surface area contributed by atoms with E-state index in [-0.39, 0.29) is 11.7 Å². The quantitative estimate of drug-likeness (QED) is 0.877. The third-order valence-electron chi connectivity index (χ3n) is 2.99. The largest absolute Gasteiger partial charge is 0.319 e. The lowest BCUT2D eigenvalue weighted by atomic mass is 9.94. The zero-order valence-corrected chi connectivity index (χ0v) is 10.7. The molecule has 0 spiro atoms. The molecule has 1 aromatic carbocycles. The van der Waals surface area contributed by atoms with Gasteiger partial charge < -0.3 is 5.32 Å².